The predicted molar refractivity (Wildman–Crippen MR) is 77.2 cm³/mol. The molecule has 0 saturated heterocycles. The molecule has 2 rings (SSSR count). The third-order valence-corrected chi connectivity index (χ3v) is 4.75. The first-order valence-electron chi connectivity index (χ1n) is 5.05. The van der Waals surface area contributed by atoms with Gasteiger partial charge in [0, 0.05) is 21.6 Å². The topological polar surface area (TPSA) is 72.2 Å². The number of nitrogens with one attached hydrogen (secondary N) is 1. The molecule has 3 N–H and O–H groups in total. The Hall–Kier alpha value is -0.890. The fourth-order valence-corrected chi connectivity index (χ4v) is 3.27. The zero-order valence-electron chi connectivity index (χ0n) is 9.26. The van der Waals surface area contributed by atoms with Gasteiger partial charge in [-0.2, -0.15) is 0 Å². The maximum atomic E-state index is 11.2. The molecule has 96 valence electrons. The number of hydrogen-bond donors (Lipinski definition) is 2. The van der Waals surface area contributed by atoms with E-state index in [1.165, 1.54) is 17.0 Å². The Kier molecular flexibility index (Phi) is 4.06. The molecule has 0 saturated carbocycles. The minimum Gasteiger partial charge on any atom is -0.379 e. The molecule has 2 aromatic rings. The smallest absolute Gasteiger partial charge is 0.238 e. The van der Waals surface area contributed by atoms with Crippen molar-refractivity contribution in [1.82, 2.24) is 0 Å². The van der Waals surface area contributed by atoms with E-state index in [1.807, 2.05) is 17.5 Å². The predicted octanol–water partition coefficient (Wildman–Crippen LogP) is 2.77. The number of primary sulfonamides is 1. The molecule has 0 aliphatic carbocycles. The highest BCUT2D eigenvalue weighted by Crippen LogP contribution is 2.26. The van der Waals surface area contributed by atoms with Crippen molar-refractivity contribution < 1.29 is 8.42 Å². The molecule has 0 amide bonds. The van der Waals surface area contributed by atoms with Crippen molar-refractivity contribution in [3.05, 3.63) is 45.1 Å². The monoisotopic (exact) mass is 346 g/mol. The van der Waals surface area contributed by atoms with Gasteiger partial charge in [-0.25, -0.2) is 13.6 Å². The molecule has 0 radical (unpaired) electrons. The number of sulfonamides is 1. The van der Waals surface area contributed by atoms with Crippen molar-refractivity contribution >= 4 is 43.0 Å². The van der Waals surface area contributed by atoms with Gasteiger partial charge in [0.25, 0.3) is 0 Å². The highest BCUT2D eigenvalue weighted by Gasteiger charge is 2.10. The van der Waals surface area contributed by atoms with E-state index in [0.717, 1.165) is 5.69 Å². The Morgan fingerprint density at radius 1 is 1.33 bits per heavy atom. The summed E-state index contributed by atoms with van der Waals surface area (Å²) in [6.45, 7) is 0.699. The number of benzene rings is 1. The fourth-order valence-electron chi connectivity index (χ4n) is 1.41. The van der Waals surface area contributed by atoms with Crippen molar-refractivity contribution in [2.45, 2.75) is 11.4 Å². The van der Waals surface area contributed by atoms with Crippen LogP contribution in [-0.2, 0) is 16.6 Å². The van der Waals surface area contributed by atoms with Gasteiger partial charge >= 0.3 is 0 Å². The van der Waals surface area contributed by atoms with E-state index in [9.17, 15) is 8.42 Å². The molecule has 1 aromatic heterocycles. The van der Waals surface area contributed by atoms with Crippen LogP contribution in [0.25, 0.3) is 0 Å². The summed E-state index contributed by atoms with van der Waals surface area (Å²) in [5.41, 5.74) is 0.829. The lowest BCUT2D eigenvalue weighted by Crippen LogP contribution is -2.12. The second-order valence-electron chi connectivity index (χ2n) is 3.62. The van der Waals surface area contributed by atoms with E-state index in [4.69, 9.17) is 5.14 Å². The Labute approximate surface area is 118 Å². The van der Waals surface area contributed by atoms with E-state index in [1.54, 1.807) is 17.4 Å². The average molecular weight is 347 g/mol. The SMILES string of the molecule is NS(=O)(=O)c1ccc(NCc2cccs2)c(Br)c1. The van der Waals surface area contributed by atoms with Gasteiger partial charge < -0.3 is 5.32 Å². The summed E-state index contributed by atoms with van der Waals surface area (Å²) in [5.74, 6) is 0. The van der Waals surface area contributed by atoms with Crippen molar-refractivity contribution in [1.29, 1.82) is 0 Å². The number of nitrogens with two attached hydrogens (primary N) is 1. The van der Waals surface area contributed by atoms with E-state index in [-0.39, 0.29) is 4.90 Å². The molecule has 1 heterocycles. The van der Waals surface area contributed by atoms with E-state index in [2.05, 4.69) is 21.2 Å². The minimum atomic E-state index is -3.66. The second-order valence-corrected chi connectivity index (χ2v) is 7.07. The Morgan fingerprint density at radius 2 is 2.11 bits per heavy atom. The molecule has 0 fully saturated rings. The summed E-state index contributed by atoms with van der Waals surface area (Å²) >= 11 is 4.99. The highest BCUT2D eigenvalue weighted by atomic mass is 79.9. The number of thiophene rings is 1. The van der Waals surface area contributed by atoms with Crippen LogP contribution in [0, 0.1) is 0 Å². The van der Waals surface area contributed by atoms with Gasteiger partial charge in [-0.05, 0) is 45.6 Å². The van der Waals surface area contributed by atoms with Gasteiger partial charge in [-0.3, -0.25) is 0 Å². The third-order valence-electron chi connectivity index (χ3n) is 2.30. The van der Waals surface area contributed by atoms with Crippen LogP contribution in [0.15, 0.2) is 45.1 Å². The largest absolute Gasteiger partial charge is 0.379 e. The van der Waals surface area contributed by atoms with Crippen LogP contribution in [0.1, 0.15) is 4.88 Å². The van der Waals surface area contributed by atoms with E-state index >= 15 is 0 Å². The molecule has 0 spiro atoms. The van der Waals surface area contributed by atoms with E-state index in [0.29, 0.717) is 11.0 Å². The van der Waals surface area contributed by atoms with Crippen LogP contribution in [0.4, 0.5) is 5.69 Å². The first-order chi connectivity index (χ1) is 8.47. The van der Waals surface area contributed by atoms with E-state index < -0.39 is 10.0 Å². The molecule has 18 heavy (non-hydrogen) atoms. The quantitative estimate of drug-likeness (QED) is 0.893. The second kappa shape index (κ2) is 5.40. The summed E-state index contributed by atoms with van der Waals surface area (Å²) in [4.78, 5) is 1.30. The van der Waals surface area contributed by atoms with Crippen molar-refractivity contribution in [2.24, 2.45) is 5.14 Å². The molecular formula is C11H11BrN2O2S2. The first-order valence-corrected chi connectivity index (χ1v) is 8.27. The zero-order valence-corrected chi connectivity index (χ0v) is 12.5. The van der Waals surface area contributed by atoms with Crippen LogP contribution in [0.2, 0.25) is 0 Å². The van der Waals surface area contributed by atoms with Crippen LogP contribution in [0.3, 0.4) is 0 Å². The van der Waals surface area contributed by atoms with Crippen LogP contribution < -0.4 is 10.5 Å². The minimum absolute atomic E-state index is 0.0936. The number of hydrogen-bond acceptors (Lipinski definition) is 4. The third kappa shape index (κ3) is 3.32. The van der Waals surface area contributed by atoms with Gasteiger partial charge in [0.15, 0.2) is 0 Å². The normalized spacial score (nSPS) is 11.4. The lowest BCUT2D eigenvalue weighted by molar-refractivity contribution is 0.598. The Balaban J connectivity index is 2.15. The van der Waals surface area contributed by atoms with Gasteiger partial charge in [-0.1, -0.05) is 6.07 Å². The molecule has 0 bridgehead atoms. The highest BCUT2D eigenvalue weighted by molar-refractivity contribution is 9.10. The number of halogens is 1. The Bertz CT molecular complexity index is 639. The maximum absolute atomic E-state index is 11.2. The first kappa shape index (κ1) is 13.5. The molecule has 1 aromatic carbocycles. The molecule has 0 aliphatic heterocycles. The molecule has 0 unspecified atom stereocenters. The van der Waals surface area contributed by atoms with Gasteiger partial charge in [-0.15, -0.1) is 11.3 Å². The molecular weight excluding hydrogens is 336 g/mol. The Morgan fingerprint density at radius 3 is 2.67 bits per heavy atom. The van der Waals surface area contributed by atoms with Crippen molar-refractivity contribution in [2.75, 3.05) is 5.32 Å². The lowest BCUT2D eigenvalue weighted by atomic mass is 10.3. The number of rotatable bonds is 4. The summed E-state index contributed by atoms with van der Waals surface area (Å²) < 4.78 is 23.0. The summed E-state index contributed by atoms with van der Waals surface area (Å²) in [6, 6.07) is 8.69. The molecule has 0 aliphatic rings. The maximum Gasteiger partial charge on any atom is 0.238 e. The van der Waals surface area contributed by atoms with Crippen LogP contribution in [0.5, 0.6) is 0 Å². The van der Waals surface area contributed by atoms with Gasteiger partial charge in [0.2, 0.25) is 10.0 Å². The van der Waals surface area contributed by atoms with Crippen LogP contribution in [-0.4, -0.2) is 8.42 Å². The van der Waals surface area contributed by atoms with Crippen molar-refractivity contribution in [3.8, 4) is 0 Å². The summed E-state index contributed by atoms with van der Waals surface area (Å²) in [5, 5.41) is 10.3. The molecule has 7 heteroatoms. The van der Waals surface area contributed by atoms with Gasteiger partial charge in [0.1, 0.15) is 0 Å². The van der Waals surface area contributed by atoms with Crippen LogP contribution >= 0.6 is 27.3 Å². The average Bonchev–Trinajstić information content (AvgIpc) is 2.79. The zero-order chi connectivity index (χ0) is 13.2. The lowest BCUT2D eigenvalue weighted by Gasteiger charge is -2.08. The fraction of sp³-hybridized carbons (Fsp3) is 0.0909. The standard InChI is InChI=1S/C11H11BrN2O2S2/c12-10-6-9(18(13,15)16)3-4-11(10)14-7-8-2-1-5-17-8/h1-6,14H,7H2,(H2,13,15,16). The summed E-state index contributed by atoms with van der Waals surface area (Å²) in [6.07, 6.45) is 0. The summed E-state index contributed by atoms with van der Waals surface area (Å²) in [7, 11) is -3.66. The van der Waals surface area contributed by atoms with Gasteiger partial charge in [0.05, 0.1) is 4.90 Å². The number of anilines is 1. The molecule has 4 nitrogen and oxygen atoms in total. The van der Waals surface area contributed by atoms with Crippen molar-refractivity contribution in [3.63, 3.8) is 0 Å². The molecule has 0 atom stereocenters.